The molecule has 2 N–H and O–H groups in total. The average Bonchev–Trinajstić information content (AvgIpc) is 2.64. The van der Waals surface area contributed by atoms with E-state index >= 15 is 0 Å². The molecule has 4 nitrogen and oxygen atoms in total. The second kappa shape index (κ2) is 5.78. The van der Waals surface area contributed by atoms with Gasteiger partial charge in [0.05, 0.1) is 6.10 Å². The summed E-state index contributed by atoms with van der Waals surface area (Å²) >= 11 is 0. The summed E-state index contributed by atoms with van der Waals surface area (Å²) in [5.74, 6) is -0.882. The minimum Gasteiger partial charge on any atom is -0.478 e. The molecule has 0 heterocycles. The molecule has 1 aliphatic rings. The van der Waals surface area contributed by atoms with Crippen LogP contribution in [0.15, 0.2) is 11.6 Å². The van der Waals surface area contributed by atoms with E-state index in [2.05, 4.69) is 5.48 Å². The summed E-state index contributed by atoms with van der Waals surface area (Å²) in [6, 6.07) is 0. The number of hydrogen-bond donors (Lipinski definition) is 2. The Morgan fingerprint density at radius 1 is 1.57 bits per heavy atom. The smallest absolute Gasteiger partial charge is 0.330 e. The second-order valence-electron chi connectivity index (χ2n) is 3.57. The molecule has 0 unspecified atom stereocenters. The monoisotopic (exact) mass is 199 g/mol. The van der Waals surface area contributed by atoms with Crippen LogP contribution in [0.5, 0.6) is 0 Å². The first-order valence-electron chi connectivity index (χ1n) is 4.98. The summed E-state index contributed by atoms with van der Waals surface area (Å²) in [5, 5.41) is 8.56. The quantitative estimate of drug-likeness (QED) is 0.400. The molecule has 0 amide bonds. The Labute approximate surface area is 83.9 Å². The van der Waals surface area contributed by atoms with Crippen molar-refractivity contribution in [3.63, 3.8) is 0 Å². The maximum absolute atomic E-state index is 10.4. The van der Waals surface area contributed by atoms with Gasteiger partial charge in [-0.05, 0) is 19.8 Å². The average molecular weight is 199 g/mol. The zero-order valence-electron chi connectivity index (χ0n) is 8.45. The van der Waals surface area contributed by atoms with Crippen LogP contribution in [0.4, 0.5) is 0 Å². The number of carbonyl (C=O) groups is 1. The molecular weight excluding hydrogens is 182 g/mol. The van der Waals surface area contributed by atoms with Crippen molar-refractivity contribution >= 4 is 5.97 Å². The lowest BCUT2D eigenvalue weighted by Gasteiger charge is -2.09. The van der Waals surface area contributed by atoms with Crippen LogP contribution >= 0.6 is 0 Å². The third kappa shape index (κ3) is 3.89. The van der Waals surface area contributed by atoms with Crippen molar-refractivity contribution in [2.24, 2.45) is 0 Å². The van der Waals surface area contributed by atoms with Crippen molar-refractivity contribution in [2.75, 3.05) is 6.54 Å². The van der Waals surface area contributed by atoms with E-state index in [0.717, 1.165) is 12.8 Å². The maximum atomic E-state index is 10.4. The van der Waals surface area contributed by atoms with E-state index in [1.807, 2.05) is 0 Å². The molecule has 0 atom stereocenters. The highest BCUT2D eigenvalue weighted by Gasteiger charge is 2.14. The lowest BCUT2D eigenvalue weighted by atomic mass is 10.3. The lowest BCUT2D eigenvalue weighted by molar-refractivity contribution is -0.132. The van der Waals surface area contributed by atoms with Gasteiger partial charge in [0.25, 0.3) is 0 Å². The minimum absolute atomic E-state index is 0.313. The number of rotatable bonds is 5. The molecule has 1 rings (SSSR count). The highest BCUT2D eigenvalue weighted by molar-refractivity contribution is 5.85. The van der Waals surface area contributed by atoms with Crippen LogP contribution in [0.3, 0.4) is 0 Å². The molecule has 0 aromatic carbocycles. The van der Waals surface area contributed by atoms with Crippen molar-refractivity contribution in [3.05, 3.63) is 11.6 Å². The first-order valence-corrected chi connectivity index (χ1v) is 4.98. The van der Waals surface area contributed by atoms with Crippen molar-refractivity contribution < 1.29 is 14.7 Å². The summed E-state index contributed by atoms with van der Waals surface area (Å²) in [4.78, 5) is 15.8. The Morgan fingerprint density at radius 2 is 2.21 bits per heavy atom. The Bertz CT molecular complexity index is 219. The van der Waals surface area contributed by atoms with Gasteiger partial charge in [-0.15, -0.1) is 0 Å². The molecule has 4 heteroatoms. The predicted octanol–water partition coefficient (Wildman–Crippen LogP) is 1.48. The Hall–Kier alpha value is -0.870. The second-order valence-corrected chi connectivity index (χ2v) is 3.57. The molecule has 14 heavy (non-hydrogen) atoms. The molecule has 1 saturated carbocycles. The van der Waals surface area contributed by atoms with Gasteiger partial charge in [-0.2, -0.15) is 5.48 Å². The molecule has 1 fully saturated rings. The maximum Gasteiger partial charge on any atom is 0.330 e. The van der Waals surface area contributed by atoms with E-state index in [1.165, 1.54) is 12.8 Å². The molecule has 0 bridgehead atoms. The fraction of sp³-hybridized carbons (Fsp3) is 0.700. The topological polar surface area (TPSA) is 58.6 Å². The number of hydroxylamine groups is 1. The highest BCUT2D eigenvalue weighted by Crippen LogP contribution is 2.19. The number of aliphatic carboxylic acids is 1. The fourth-order valence-corrected chi connectivity index (χ4v) is 1.45. The Balaban J connectivity index is 2.09. The zero-order valence-corrected chi connectivity index (χ0v) is 8.45. The van der Waals surface area contributed by atoms with Crippen molar-refractivity contribution in [1.82, 2.24) is 5.48 Å². The molecule has 0 aromatic heterocycles. The highest BCUT2D eigenvalue weighted by atomic mass is 16.7. The van der Waals surface area contributed by atoms with E-state index in [9.17, 15) is 4.79 Å². The summed E-state index contributed by atoms with van der Waals surface area (Å²) in [6.45, 7) is 2.02. The van der Waals surface area contributed by atoms with E-state index in [4.69, 9.17) is 9.94 Å². The SMILES string of the molecule is CC(=CCNOC1CCCC1)C(=O)O. The van der Waals surface area contributed by atoms with Crippen LogP contribution in [0, 0.1) is 0 Å². The summed E-state index contributed by atoms with van der Waals surface area (Å²) in [6.07, 6.45) is 6.60. The molecule has 1 aliphatic carbocycles. The minimum atomic E-state index is -0.882. The van der Waals surface area contributed by atoms with Gasteiger partial charge >= 0.3 is 5.97 Å². The van der Waals surface area contributed by atoms with Gasteiger partial charge in [-0.25, -0.2) is 4.79 Å². The summed E-state index contributed by atoms with van der Waals surface area (Å²) in [7, 11) is 0. The number of carboxylic acids is 1. The molecule has 0 saturated heterocycles. The van der Waals surface area contributed by atoms with Crippen LogP contribution in [0.25, 0.3) is 0 Å². The first-order chi connectivity index (χ1) is 6.70. The van der Waals surface area contributed by atoms with Gasteiger partial charge < -0.3 is 5.11 Å². The van der Waals surface area contributed by atoms with Gasteiger partial charge in [0, 0.05) is 12.1 Å². The largest absolute Gasteiger partial charge is 0.478 e. The Morgan fingerprint density at radius 3 is 2.79 bits per heavy atom. The standard InChI is InChI=1S/C10H17NO3/c1-8(10(12)13)6-7-11-14-9-4-2-3-5-9/h6,9,11H,2-5,7H2,1H3,(H,12,13). The normalized spacial score (nSPS) is 18.8. The van der Waals surface area contributed by atoms with Gasteiger partial charge in [0.15, 0.2) is 0 Å². The van der Waals surface area contributed by atoms with Crippen molar-refractivity contribution in [1.29, 1.82) is 0 Å². The molecule has 0 aromatic rings. The summed E-state index contributed by atoms with van der Waals surface area (Å²) < 4.78 is 0. The van der Waals surface area contributed by atoms with E-state index in [0.29, 0.717) is 18.2 Å². The third-order valence-corrected chi connectivity index (χ3v) is 2.38. The van der Waals surface area contributed by atoms with E-state index in [1.54, 1.807) is 13.0 Å². The number of nitrogens with one attached hydrogen (secondary N) is 1. The van der Waals surface area contributed by atoms with E-state index in [-0.39, 0.29) is 0 Å². The molecular formula is C10H17NO3. The molecule has 0 aliphatic heterocycles. The third-order valence-electron chi connectivity index (χ3n) is 2.38. The van der Waals surface area contributed by atoms with Crippen molar-refractivity contribution in [3.8, 4) is 0 Å². The Kier molecular flexibility index (Phi) is 4.62. The van der Waals surface area contributed by atoms with Gasteiger partial charge in [-0.3, -0.25) is 4.84 Å². The lowest BCUT2D eigenvalue weighted by Crippen LogP contribution is -2.22. The van der Waals surface area contributed by atoms with Gasteiger partial charge in [-0.1, -0.05) is 18.9 Å². The van der Waals surface area contributed by atoms with E-state index < -0.39 is 5.97 Å². The van der Waals surface area contributed by atoms with Crippen LogP contribution in [-0.2, 0) is 9.63 Å². The number of carboxylic acid groups (broad SMARTS) is 1. The predicted molar refractivity (Wildman–Crippen MR) is 52.7 cm³/mol. The molecule has 0 radical (unpaired) electrons. The van der Waals surface area contributed by atoms with Crippen molar-refractivity contribution in [2.45, 2.75) is 38.7 Å². The van der Waals surface area contributed by atoms with Crippen LogP contribution in [-0.4, -0.2) is 23.7 Å². The van der Waals surface area contributed by atoms with Crippen LogP contribution in [0.1, 0.15) is 32.6 Å². The first kappa shape index (κ1) is 11.2. The molecule has 80 valence electrons. The van der Waals surface area contributed by atoms with Crippen LogP contribution in [0.2, 0.25) is 0 Å². The van der Waals surface area contributed by atoms with Gasteiger partial charge in [0.2, 0.25) is 0 Å². The summed E-state index contributed by atoms with van der Waals surface area (Å²) in [5.41, 5.74) is 3.11. The zero-order chi connectivity index (χ0) is 10.4. The number of hydrogen-bond acceptors (Lipinski definition) is 3. The van der Waals surface area contributed by atoms with Gasteiger partial charge in [0.1, 0.15) is 0 Å². The fourth-order valence-electron chi connectivity index (χ4n) is 1.45. The molecule has 0 spiro atoms. The van der Waals surface area contributed by atoms with Crippen LogP contribution < -0.4 is 5.48 Å².